The highest BCUT2D eigenvalue weighted by Crippen LogP contribution is 2.29. The number of urea groups is 1. The molecule has 0 radical (unpaired) electrons. The van der Waals surface area contributed by atoms with Crippen molar-refractivity contribution in [3.05, 3.63) is 87.9 Å². The topological polar surface area (TPSA) is 91.0 Å². The van der Waals surface area contributed by atoms with Gasteiger partial charge in [0.25, 0.3) is 0 Å². The minimum atomic E-state index is -3.53. The lowest BCUT2D eigenvalue weighted by atomic mass is 10.1. The van der Waals surface area contributed by atoms with Gasteiger partial charge in [0.05, 0.1) is 29.9 Å². The molecule has 0 aliphatic carbocycles. The van der Waals surface area contributed by atoms with Crippen molar-refractivity contribution in [2.45, 2.75) is 36.7 Å². The van der Waals surface area contributed by atoms with Gasteiger partial charge >= 0.3 is 6.03 Å². The maximum atomic E-state index is 13.0. The SMILES string of the molecule is CC(NC(=O)Nc1ccc(S(=O)(=O)Cc2ccc3c(c2)CN(C)C3)cc1)c1cc(N2CCOCC2)ccc1Cl. The van der Waals surface area contributed by atoms with Gasteiger partial charge in [-0.1, -0.05) is 29.8 Å². The summed E-state index contributed by atoms with van der Waals surface area (Å²) in [5, 5.41) is 6.27. The molecule has 3 aromatic rings. The van der Waals surface area contributed by atoms with Gasteiger partial charge < -0.3 is 20.3 Å². The average Bonchev–Trinajstić information content (AvgIpc) is 3.28. The monoisotopic (exact) mass is 568 g/mol. The van der Waals surface area contributed by atoms with E-state index in [1.807, 2.05) is 50.4 Å². The molecule has 1 saturated heterocycles. The highest BCUT2D eigenvalue weighted by Gasteiger charge is 2.20. The number of ether oxygens (including phenoxy) is 1. The summed E-state index contributed by atoms with van der Waals surface area (Å²) in [6.07, 6.45) is 0. The Bertz CT molecular complexity index is 1460. The molecule has 1 unspecified atom stereocenters. The van der Waals surface area contributed by atoms with Crippen molar-refractivity contribution >= 4 is 38.8 Å². The summed E-state index contributed by atoms with van der Waals surface area (Å²) in [6.45, 7) is 6.56. The average molecular weight is 569 g/mol. The fraction of sp³-hybridized carbons (Fsp3) is 0.345. The Labute approximate surface area is 234 Å². The van der Waals surface area contributed by atoms with Crippen LogP contribution in [0.3, 0.4) is 0 Å². The second-order valence-corrected chi connectivity index (χ2v) is 12.6. The molecule has 0 aromatic heterocycles. The molecule has 206 valence electrons. The van der Waals surface area contributed by atoms with Gasteiger partial charge in [0.1, 0.15) is 0 Å². The molecule has 10 heteroatoms. The van der Waals surface area contributed by atoms with E-state index in [1.165, 1.54) is 23.3 Å². The van der Waals surface area contributed by atoms with E-state index in [2.05, 4.69) is 20.4 Å². The van der Waals surface area contributed by atoms with Crippen LogP contribution in [0.4, 0.5) is 16.2 Å². The quantitative estimate of drug-likeness (QED) is 0.418. The second-order valence-electron chi connectivity index (χ2n) is 10.2. The highest BCUT2D eigenvalue weighted by atomic mass is 35.5. The fourth-order valence-corrected chi connectivity index (χ4v) is 6.70. The molecule has 3 aromatic carbocycles. The number of nitrogens with zero attached hydrogens (tertiary/aromatic N) is 2. The third-order valence-corrected chi connectivity index (χ3v) is 9.20. The number of hydrogen-bond donors (Lipinski definition) is 2. The smallest absolute Gasteiger partial charge is 0.319 e. The standard InChI is InChI=1S/C29H33ClN4O4S/c1-20(27-16-25(7-10-28(27)30)34-11-13-38-14-12-34)31-29(35)32-24-5-8-26(9-6-24)39(36,37)19-21-3-4-22-17-33(2)18-23(22)15-21/h3-10,15-16,20H,11-14,17-19H2,1-2H3,(H2,31,32,35). The van der Waals surface area contributed by atoms with Gasteiger partial charge in [-0.15, -0.1) is 0 Å². The van der Waals surface area contributed by atoms with Crippen LogP contribution in [0, 0.1) is 0 Å². The Morgan fingerprint density at radius 3 is 2.46 bits per heavy atom. The van der Waals surface area contributed by atoms with E-state index in [1.54, 1.807) is 12.1 Å². The van der Waals surface area contributed by atoms with Gasteiger partial charge in [0.15, 0.2) is 9.84 Å². The summed E-state index contributed by atoms with van der Waals surface area (Å²) in [5.74, 6) is -0.0704. The third kappa shape index (κ3) is 6.55. The van der Waals surface area contributed by atoms with E-state index in [0.717, 1.165) is 43.0 Å². The fourth-order valence-electron chi connectivity index (χ4n) is 5.08. The van der Waals surface area contributed by atoms with Crippen LogP contribution in [0.1, 0.15) is 35.2 Å². The zero-order valence-corrected chi connectivity index (χ0v) is 23.7. The van der Waals surface area contributed by atoms with E-state index in [9.17, 15) is 13.2 Å². The zero-order valence-electron chi connectivity index (χ0n) is 22.1. The van der Waals surface area contributed by atoms with Crippen molar-refractivity contribution in [3.63, 3.8) is 0 Å². The molecule has 0 spiro atoms. The first-order valence-electron chi connectivity index (χ1n) is 13.0. The number of hydrogen-bond acceptors (Lipinski definition) is 6. The lowest BCUT2D eigenvalue weighted by Crippen LogP contribution is -2.36. The van der Waals surface area contributed by atoms with E-state index in [-0.39, 0.29) is 16.7 Å². The van der Waals surface area contributed by atoms with Crippen molar-refractivity contribution < 1.29 is 17.9 Å². The van der Waals surface area contributed by atoms with Gasteiger partial charge in [-0.3, -0.25) is 4.90 Å². The Balaban J connectivity index is 1.20. The van der Waals surface area contributed by atoms with E-state index >= 15 is 0 Å². The minimum Gasteiger partial charge on any atom is -0.378 e. The summed E-state index contributed by atoms with van der Waals surface area (Å²) < 4.78 is 31.5. The molecule has 1 atom stereocenters. The third-order valence-electron chi connectivity index (χ3n) is 7.15. The van der Waals surface area contributed by atoms with Gasteiger partial charge in [-0.05, 0) is 78.7 Å². The van der Waals surface area contributed by atoms with Crippen LogP contribution >= 0.6 is 11.6 Å². The van der Waals surface area contributed by atoms with Crippen LogP contribution in [-0.2, 0) is 33.4 Å². The first-order valence-corrected chi connectivity index (χ1v) is 15.0. The number of sulfone groups is 1. The highest BCUT2D eigenvalue weighted by molar-refractivity contribution is 7.90. The molecule has 8 nitrogen and oxygen atoms in total. The molecule has 2 N–H and O–H groups in total. The lowest BCUT2D eigenvalue weighted by molar-refractivity contribution is 0.122. The number of benzene rings is 3. The predicted molar refractivity (Wildman–Crippen MR) is 154 cm³/mol. The molecular weight excluding hydrogens is 536 g/mol. The molecule has 1 fully saturated rings. The summed E-state index contributed by atoms with van der Waals surface area (Å²) in [6, 6.07) is 17.2. The number of fused-ring (bicyclic) bond motifs is 1. The summed E-state index contributed by atoms with van der Waals surface area (Å²) in [5.41, 5.74) is 5.54. The van der Waals surface area contributed by atoms with Gasteiger partial charge in [0.2, 0.25) is 0 Å². The summed E-state index contributed by atoms with van der Waals surface area (Å²) in [4.78, 5) is 17.4. The Morgan fingerprint density at radius 2 is 1.72 bits per heavy atom. The van der Waals surface area contributed by atoms with Gasteiger partial charge in [-0.25, -0.2) is 13.2 Å². The molecule has 0 bridgehead atoms. The second kappa shape index (κ2) is 11.6. The molecule has 2 heterocycles. The minimum absolute atomic E-state index is 0.0704. The zero-order chi connectivity index (χ0) is 27.6. The molecule has 0 saturated carbocycles. The van der Waals surface area contributed by atoms with Crippen molar-refractivity contribution in [1.29, 1.82) is 0 Å². The largest absolute Gasteiger partial charge is 0.378 e. The van der Waals surface area contributed by atoms with Crippen LogP contribution in [0.5, 0.6) is 0 Å². The maximum Gasteiger partial charge on any atom is 0.319 e. The lowest BCUT2D eigenvalue weighted by Gasteiger charge is -2.30. The van der Waals surface area contributed by atoms with E-state index < -0.39 is 15.9 Å². The number of carbonyl (C=O) groups is 1. The van der Waals surface area contributed by atoms with Crippen LogP contribution < -0.4 is 15.5 Å². The Hall–Kier alpha value is -3.11. The van der Waals surface area contributed by atoms with Crippen molar-refractivity contribution in [2.75, 3.05) is 43.6 Å². The first kappa shape index (κ1) is 27.5. The summed E-state index contributed by atoms with van der Waals surface area (Å²) >= 11 is 6.45. The molecule has 2 aliphatic rings. The van der Waals surface area contributed by atoms with Crippen molar-refractivity contribution in [2.24, 2.45) is 0 Å². The van der Waals surface area contributed by atoms with Crippen LogP contribution in [-0.4, -0.2) is 52.7 Å². The number of carbonyl (C=O) groups excluding carboxylic acids is 1. The molecule has 2 aliphatic heterocycles. The molecule has 2 amide bonds. The molecule has 39 heavy (non-hydrogen) atoms. The number of nitrogens with one attached hydrogen (secondary N) is 2. The first-order chi connectivity index (χ1) is 18.7. The van der Waals surface area contributed by atoms with Crippen LogP contribution in [0.2, 0.25) is 5.02 Å². The van der Waals surface area contributed by atoms with Crippen molar-refractivity contribution in [3.8, 4) is 0 Å². The number of amides is 2. The van der Waals surface area contributed by atoms with Crippen molar-refractivity contribution in [1.82, 2.24) is 10.2 Å². The summed E-state index contributed by atoms with van der Waals surface area (Å²) in [7, 11) is -1.48. The molecule has 5 rings (SSSR count). The maximum absolute atomic E-state index is 13.0. The number of morpholine rings is 1. The Morgan fingerprint density at radius 1 is 1.00 bits per heavy atom. The normalized spacial score (nSPS) is 16.5. The van der Waals surface area contributed by atoms with Crippen LogP contribution in [0.15, 0.2) is 65.6 Å². The van der Waals surface area contributed by atoms with Crippen LogP contribution in [0.25, 0.3) is 0 Å². The predicted octanol–water partition coefficient (Wildman–Crippen LogP) is 4.98. The Kier molecular flexibility index (Phi) is 8.13. The number of anilines is 2. The number of rotatable bonds is 7. The molecular formula is C29H33ClN4O4S. The van der Waals surface area contributed by atoms with Gasteiger partial charge in [0, 0.05) is 42.6 Å². The van der Waals surface area contributed by atoms with Gasteiger partial charge in [-0.2, -0.15) is 0 Å². The number of halogens is 1. The van der Waals surface area contributed by atoms with E-state index in [0.29, 0.717) is 23.9 Å². The van der Waals surface area contributed by atoms with E-state index in [4.69, 9.17) is 16.3 Å².